The summed E-state index contributed by atoms with van der Waals surface area (Å²) in [7, 11) is 0. The minimum absolute atomic E-state index is 0.0295. The second kappa shape index (κ2) is 8.49. The van der Waals surface area contributed by atoms with Crippen LogP contribution in [0.3, 0.4) is 0 Å². The highest BCUT2D eigenvalue weighted by atomic mass is 16.4. The third-order valence-electron chi connectivity index (χ3n) is 3.79. The molecule has 0 unspecified atom stereocenters. The number of urea groups is 1. The molecule has 1 fully saturated rings. The molecule has 120 valence electrons. The quantitative estimate of drug-likeness (QED) is 0.622. The smallest absolute Gasteiger partial charge is 0.326 e. The van der Waals surface area contributed by atoms with Crippen LogP contribution in [-0.4, -0.2) is 46.5 Å². The van der Waals surface area contributed by atoms with Gasteiger partial charge in [-0.2, -0.15) is 0 Å². The number of hydrogen-bond acceptors (Lipinski definition) is 3. The number of nitrogens with two attached hydrogens (primary N) is 1. The van der Waals surface area contributed by atoms with Gasteiger partial charge in [-0.05, 0) is 19.3 Å². The summed E-state index contributed by atoms with van der Waals surface area (Å²) in [6, 6.07) is -1.46. The first-order chi connectivity index (χ1) is 9.95. The molecule has 21 heavy (non-hydrogen) atoms. The Morgan fingerprint density at radius 1 is 1.33 bits per heavy atom. The predicted molar refractivity (Wildman–Crippen MR) is 77.6 cm³/mol. The molecule has 1 aliphatic rings. The van der Waals surface area contributed by atoms with Crippen molar-refractivity contribution in [2.75, 3.05) is 6.54 Å². The number of carboxylic acid groups (broad SMARTS) is 1. The van der Waals surface area contributed by atoms with E-state index in [0.29, 0.717) is 6.42 Å². The largest absolute Gasteiger partial charge is 0.480 e. The summed E-state index contributed by atoms with van der Waals surface area (Å²) in [4.78, 5) is 36.0. The number of amides is 3. The molecule has 0 saturated heterocycles. The van der Waals surface area contributed by atoms with Gasteiger partial charge < -0.3 is 21.1 Å². The minimum Gasteiger partial charge on any atom is -0.480 e. The number of nitrogens with one attached hydrogen (secondary N) is 1. The molecule has 0 aliphatic heterocycles. The van der Waals surface area contributed by atoms with Crippen molar-refractivity contribution in [1.29, 1.82) is 0 Å². The lowest BCUT2D eigenvalue weighted by Gasteiger charge is -2.29. The average Bonchev–Trinajstić information content (AvgIpc) is 2.93. The Morgan fingerprint density at radius 3 is 2.43 bits per heavy atom. The lowest BCUT2D eigenvalue weighted by Crippen LogP contribution is -2.53. The zero-order valence-electron chi connectivity index (χ0n) is 12.5. The number of carbonyl (C=O) groups excluding carboxylic acids is 2. The highest BCUT2D eigenvalue weighted by Crippen LogP contribution is 2.23. The van der Waals surface area contributed by atoms with Gasteiger partial charge in [-0.1, -0.05) is 32.6 Å². The number of carboxylic acids is 1. The van der Waals surface area contributed by atoms with Crippen LogP contribution < -0.4 is 11.1 Å². The molecule has 0 aromatic carbocycles. The molecule has 0 aromatic heterocycles. The molecule has 7 heteroatoms. The second-order valence-electron chi connectivity index (χ2n) is 5.52. The number of aliphatic carboxylic acids is 1. The first-order valence-corrected chi connectivity index (χ1v) is 7.54. The molecule has 1 atom stereocenters. The van der Waals surface area contributed by atoms with E-state index < -0.39 is 23.9 Å². The summed E-state index contributed by atoms with van der Waals surface area (Å²) in [6.07, 6.45) is 5.62. The lowest BCUT2D eigenvalue weighted by atomic mass is 10.1. The molecule has 4 N–H and O–H groups in total. The van der Waals surface area contributed by atoms with E-state index in [1.165, 1.54) is 4.90 Å². The van der Waals surface area contributed by atoms with Crippen molar-refractivity contribution >= 4 is 17.9 Å². The van der Waals surface area contributed by atoms with Gasteiger partial charge in [-0.15, -0.1) is 0 Å². The Hall–Kier alpha value is -1.79. The molecule has 1 rings (SSSR count). The maximum atomic E-state index is 12.3. The summed E-state index contributed by atoms with van der Waals surface area (Å²) in [5, 5.41) is 11.7. The Morgan fingerprint density at radius 2 is 1.95 bits per heavy atom. The lowest BCUT2D eigenvalue weighted by molar-refractivity contribution is -0.139. The molecule has 7 nitrogen and oxygen atoms in total. The van der Waals surface area contributed by atoms with Crippen molar-refractivity contribution in [3.63, 3.8) is 0 Å². The predicted octanol–water partition coefficient (Wildman–Crippen LogP) is 1.07. The molecular weight excluding hydrogens is 274 g/mol. The second-order valence-corrected chi connectivity index (χ2v) is 5.52. The van der Waals surface area contributed by atoms with E-state index in [9.17, 15) is 14.4 Å². The summed E-state index contributed by atoms with van der Waals surface area (Å²) >= 11 is 0. The number of hydrogen-bond donors (Lipinski definition) is 3. The van der Waals surface area contributed by atoms with Crippen molar-refractivity contribution < 1.29 is 19.5 Å². The number of rotatable bonds is 8. The highest BCUT2D eigenvalue weighted by Gasteiger charge is 2.30. The van der Waals surface area contributed by atoms with Gasteiger partial charge in [0.25, 0.3) is 0 Å². The first kappa shape index (κ1) is 17.3. The van der Waals surface area contributed by atoms with Crippen LogP contribution in [0.25, 0.3) is 0 Å². The Kier molecular flexibility index (Phi) is 6.98. The van der Waals surface area contributed by atoms with Crippen LogP contribution in [0.15, 0.2) is 0 Å². The van der Waals surface area contributed by atoms with Gasteiger partial charge in [0.15, 0.2) is 0 Å². The maximum absolute atomic E-state index is 12.3. The third kappa shape index (κ3) is 5.61. The molecule has 0 spiro atoms. The van der Waals surface area contributed by atoms with Gasteiger partial charge in [0.1, 0.15) is 12.6 Å². The summed E-state index contributed by atoms with van der Waals surface area (Å²) in [6.45, 7) is 1.79. The maximum Gasteiger partial charge on any atom is 0.326 e. The van der Waals surface area contributed by atoms with E-state index >= 15 is 0 Å². The molecule has 0 aromatic rings. The van der Waals surface area contributed by atoms with Crippen LogP contribution in [-0.2, 0) is 9.59 Å². The van der Waals surface area contributed by atoms with Gasteiger partial charge in [0.2, 0.25) is 5.91 Å². The Labute approximate surface area is 124 Å². The fourth-order valence-electron chi connectivity index (χ4n) is 2.65. The standard InChI is InChI=1S/C14H25N3O4/c1-2-3-8-11(13(19)20)16-14(21)17(9-12(15)18)10-6-4-5-7-10/h10-11H,2-9H2,1H3,(H2,15,18)(H,16,21)(H,19,20)/t11-/m0/s1. The summed E-state index contributed by atoms with van der Waals surface area (Å²) in [5.74, 6) is -1.64. The van der Waals surface area contributed by atoms with Gasteiger partial charge in [-0.3, -0.25) is 4.79 Å². The van der Waals surface area contributed by atoms with Gasteiger partial charge >= 0.3 is 12.0 Å². The molecule has 0 bridgehead atoms. The van der Waals surface area contributed by atoms with Crippen molar-refractivity contribution in [2.24, 2.45) is 5.73 Å². The zero-order valence-corrected chi connectivity index (χ0v) is 12.5. The van der Waals surface area contributed by atoms with Crippen LogP contribution in [0, 0.1) is 0 Å². The monoisotopic (exact) mass is 299 g/mol. The number of unbranched alkanes of at least 4 members (excludes halogenated alkanes) is 1. The van der Waals surface area contributed by atoms with E-state index in [0.717, 1.165) is 38.5 Å². The molecule has 0 radical (unpaired) electrons. The van der Waals surface area contributed by atoms with Crippen LogP contribution in [0.5, 0.6) is 0 Å². The highest BCUT2D eigenvalue weighted by molar-refractivity contribution is 5.86. The molecule has 1 saturated carbocycles. The number of carbonyl (C=O) groups is 3. The van der Waals surface area contributed by atoms with Gasteiger partial charge in [0, 0.05) is 6.04 Å². The van der Waals surface area contributed by atoms with Crippen molar-refractivity contribution in [3.8, 4) is 0 Å². The van der Waals surface area contributed by atoms with Crippen molar-refractivity contribution in [1.82, 2.24) is 10.2 Å². The normalized spacial score (nSPS) is 16.4. The molecule has 3 amide bonds. The van der Waals surface area contributed by atoms with Crippen LogP contribution in [0.2, 0.25) is 0 Å². The first-order valence-electron chi connectivity index (χ1n) is 7.54. The molecule has 0 heterocycles. The van der Waals surface area contributed by atoms with E-state index in [-0.39, 0.29) is 12.6 Å². The van der Waals surface area contributed by atoms with Crippen molar-refractivity contribution in [2.45, 2.75) is 64.0 Å². The summed E-state index contributed by atoms with van der Waals surface area (Å²) in [5.41, 5.74) is 5.19. The van der Waals surface area contributed by atoms with Crippen LogP contribution >= 0.6 is 0 Å². The average molecular weight is 299 g/mol. The zero-order chi connectivity index (χ0) is 15.8. The Balaban J connectivity index is 2.68. The van der Waals surface area contributed by atoms with Gasteiger partial charge in [-0.25, -0.2) is 9.59 Å². The SMILES string of the molecule is CCCC[C@H](NC(=O)N(CC(N)=O)C1CCCC1)C(=O)O. The molecule has 1 aliphatic carbocycles. The van der Waals surface area contributed by atoms with E-state index in [4.69, 9.17) is 10.8 Å². The van der Waals surface area contributed by atoms with E-state index in [2.05, 4.69) is 5.32 Å². The van der Waals surface area contributed by atoms with E-state index in [1.807, 2.05) is 6.92 Å². The van der Waals surface area contributed by atoms with Crippen molar-refractivity contribution in [3.05, 3.63) is 0 Å². The number of nitrogens with zero attached hydrogens (tertiary/aromatic N) is 1. The molecular formula is C14H25N3O4. The topological polar surface area (TPSA) is 113 Å². The van der Waals surface area contributed by atoms with E-state index in [1.54, 1.807) is 0 Å². The van der Waals surface area contributed by atoms with Gasteiger partial charge in [0.05, 0.1) is 0 Å². The Bertz CT molecular complexity index is 380. The fourth-order valence-corrected chi connectivity index (χ4v) is 2.65. The van der Waals surface area contributed by atoms with Crippen LogP contribution in [0.1, 0.15) is 51.9 Å². The minimum atomic E-state index is -1.05. The van der Waals surface area contributed by atoms with Crippen LogP contribution in [0.4, 0.5) is 4.79 Å². The fraction of sp³-hybridized carbons (Fsp3) is 0.786. The summed E-state index contributed by atoms with van der Waals surface area (Å²) < 4.78 is 0. The number of primary amides is 1. The third-order valence-corrected chi connectivity index (χ3v) is 3.79.